The van der Waals surface area contributed by atoms with E-state index in [0.717, 1.165) is 22.2 Å². The minimum absolute atomic E-state index is 0.00828. The Hall–Kier alpha value is -1.13. The molecule has 0 saturated carbocycles. The fraction of sp³-hybridized carbons (Fsp3) is 0.267. The van der Waals surface area contributed by atoms with Crippen molar-refractivity contribution < 1.29 is 4.79 Å². The molecule has 1 heterocycles. The molecule has 1 aromatic carbocycles. The number of hydrogen-bond donors (Lipinski definition) is 1. The van der Waals surface area contributed by atoms with Crippen LogP contribution in [0.2, 0.25) is 0 Å². The van der Waals surface area contributed by atoms with Crippen molar-refractivity contribution in [1.29, 1.82) is 0 Å². The average molecular weight is 338 g/mol. The van der Waals surface area contributed by atoms with Crippen LogP contribution < -0.4 is 5.32 Å². The van der Waals surface area contributed by atoms with Gasteiger partial charge in [-0.25, -0.2) is 0 Å². The average Bonchev–Trinajstić information content (AvgIpc) is 2.94. The third-order valence-corrected chi connectivity index (χ3v) is 4.71. The third kappa shape index (κ3) is 3.91. The van der Waals surface area contributed by atoms with E-state index in [4.69, 9.17) is 0 Å². The van der Waals surface area contributed by atoms with Crippen molar-refractivity contribution in [1.82, 2.24) is 5.32 Å². The van der Waals surface area contributed by atoms with E-state index >= 15 is 0 Å². The van der Waals surface area contributed by atoms with E-state index in [2.05, 4.69) is 40.3 Å². The molecule has 0 bridgehead atoms. The van der Waals surface area contributed by atoms with Gasteiger partial charge in [0.15, 0.2) is 0 Å². The molecule has 1 amide bonds. The van der Waals surface area contributed by atoms with Crippen molar-refractivity contribution in [2.45, 2.75) is 25.2 Å². The van der Waals surface area contributed by atoms with Gasteiger partial charge in [0, 0.05) is 16.8 Å². The van der Waals surface area contributed by atoms with Crippen LogP contribution in [0.4, 0.5) is 0 Å². The molecule has 2 rings (SSSR count). The van der Waals surface area contributed by atoms with Crippen molar-refractivity contribution in [3.63, 3.8) is 0 Å². The molecule has 2 aromatic rings. The lowest BCUT2D eigenvalue weighted by Gasteiger charge is -2.05. The summed E-state index contributed by atoms with van der Waals surface area (Å²) in [6.07, 6.45) is 0.977. The van der Waals surface area contributed by atoms with Crippen LogP contribution in [0.3, 0.4) is 0 Å². The topological polar surface area (TPSA) is 29.1 Å². The van der Waals surface area contributed by atoms with Crippen LogP contribution in [-0.4, -0.2) is 5.91 Å². The smallest absolute Gasteiger partial charge is 0.261 e. The van der Waals surface area contributed by atoms with Gasteiger partial charge in [0.2, 0.25) is 0 Å². The minimum atomic E-state index is 0.00828. The normalized spacial score (nSPS) is 10.4. The zero-order chi connectivity index (χ0) is 13.7. The van der Waals surface area contributed by atoms with Crippen LogP contribution in [0, 0.1) is 0 Å². The molecule has 0 aliphatic rings. The number of halogens is 1. The Labute approximate surface area is 126 Å². The highest BCUT2D eigenvalue weighted by Crippen LogP contribution is 2.17. The van der Waals surface area contributed by atoms with E-state index < -0.39 is 0 Å². The lowest BCUT2D eigenvalue weighted by Crippen LogP contribution is -2.21. The molecular formula is C15H16BrNOS. The SMILES string of the molecule is CCc1ccc(C(=O)NCc2cccc(CBr)c2)s1. The summed E-state index contributed by atoms with van der Waals surface area (Å²) in [5.41, 5.74) is 2.34. The number of amides is 1. The van der Waals surface area contributed by atoms with Crippen molar-refractivity contribution >= 4 is 33.2 Å². The largest absolute Gasteiger partial charge is 0.347 e. The van der Waals surface area contributed by atoms with Gasteiger partial charge >= 0.3 is 0 Å². The maximum Gasteiger partial charge on any atom is 0.261 e. The van der Waals surface area contributed by atoms with E-state index in [1.807, 2.05) is 24.3 Å². The summed E-state index contributed by atoms with van der Waals surface area (Å²) in [7, 11) is 0. The number of alkyl halides is 1. The summed E-state index contributed by atoms with van der Waals surface area (Å²) >= 11 is 5.00. The quantitative estimate of drug-likeness (QED) is 0.816. The first kappa shape index (κ1) is 14.3. The molecule has 0 aliphatic heterocycles. The third-order valence-electron chi connectivity index (χ3n) is 2.83. The molecule has 0 aliphatic carbocycles. The maximum atomic E-state index is 12.0. The van der Waals surface area contributed by atoms with Crippen molar-refractivity contribution in [3.05, 3.63) is 57.3 Å². The Morgan fingerprint density at radius 1 is 1.26 bits per heavy atom. The molecule has 0 spiro atoms. The Morgan fingerprint density at radius 3 is 2.74 bits per heavy atom. The molecule has 1 aromatic heterocycles. The number of carbonyl (C=O) groups is 1. The molecule has 0 radical (unpaired) electrons. The van der Waals surface area contributed by atoms with Crippen LogP contribution in [0.1, 0.15) is 32.6 Å². The van der Waals surface area contributed by atoms with Gasteiger partial charge in [0.05, 0.1) is 4.88 Å². The highest BCUT2D eigenvalue weighted by Gasteiger charge is 2.08. The number of rotatable bonds is 5. The van der Waals surface area contributed by atoms with Gasteiger partial charge in [-0.1, -0.05) is 47.1 Å². The molecule has 2 nitrogen and oxygen atoms in total. The van der Waals surface area contributed by atoms with Crippen molar-refractivity contribution in [2.24, 2.45) is 0 Å². The fourth-order valence-electron chi connectivity index (χ4n) is 1.78. The van der Waals surface area contributed by atoms with Gasteiger partial charge in [-0.2, -0.15) is 0 Å². The molecule has 0 unspecified atom stereocenters. The molecule has 4 heteroatoms. The minimum Gasteiger partial charge on any atom is -0.347 e. The lowest BCUT2D eigenvalue weighted by molar-refractivity contribution is 0.0955. The summed E-state index contributed by atoms with van der Waals surface area (Å²) in [6, 6.07) is 12.1. The summed E-state index contributed by atoms with van der Waals surface area (Å²) in [5, 5.41) is 3.79. The number of hydrogen-bond acceptors (Lipinski definition) is 2. The number of benzene rings is 1. The van der Waals surface area contributed by atoms with Gasteiger partial charge in [-0.05, 0) is 29.7 Å². The van der Waals surface area contributed by atoms with Crippen molar-refractivity contribution in [3.8, 4) is 0 Å². The molecule has 100 valence electrons. The van der Waals surface area contributed by atoms with Crippen LogP contribution >= 0.6 is 27.3 Å². The second-order valence-electron chi connectivity index (χ2n) is 4.26. The van der Waals surface area contributed by atoms with Gasteiger partial charge < -0.3 is 5.32 Å². The summed E-state index contributed by atoms with van der Waals surface area (Å²) < 4.78 is 0. The molecular weight excluding hydrogens is 322 g/mol. The van der Waals surface area contributed by atoms with Gasteiger partial charge in [0.1, 0.15) is 0 Å². The Morgan fingerprint density at radius 2 is 2.05 bits per heavy atom. The zero-order valence-electron chi connectivity index (χ0n) is 10.8. The van der Waals surface area contributed by atoms with Crippen LogP contribution in [-0.2, 0) is 18.3 Å². The van der Waals surface area contributed by atoms with E-state index in [-0.39, 0.29) is 5.91 Å². The predicted molar refractivity (Wildman–Crippen MR) is 83.9 cm³/mol. The first-order valence-electron chi connectivity index (χ1n) is 6.23. The highest BCUT2D eigenvalue weighted by atomic mass is 79.9. The maximum absolute atomic E-state index is 12.0. The second-order valence-corrected chi connectivity index (χ2v) is 5.98. The van der Waals surface area contributed by atoms with E-state index in [1.54, 1.807) is 11.3 Å². The van der Waals surface area contributed by atoms with Crippen molar-refractivity contribution in [2.75, 3.05) is 0 Å². The summed E-state index contributed by atoms with van der Waals surface area (Å²) in [5.74, 6) is 0.00828. The lowest BCUT2D eigenvalue weighted by atomic mass is 10.1. The van der Waals surface area contributed by atoms with Gasteiger partial charge in [-0.3, -0.25) is 4.79 Å². The zero-order valence-corrected chi connectivity index (χ0v) is 13.2. The summed E-state index contributed by atoms with van der Waals surface area (Å²) in [4.78, 5) is 14.0. The summed E-state index contributed by atoms with van der Waals surface area (Å²) in [6.45, 7) is 2.67. The van der Waals surface area contributed by atoms with E-state index in [1.165, 1.54) is 10.4 Å². The Balaban J connectivity index is 1.96. The van der Waals surface area contributed by atoms with Crippen LogP contribution in [0.15, 0.2) is 36.4 Å². The molecule has 1 N–H and O–H groups in total. The Kier molecular flexibility index (Phi) is 5.16. The second kappa shape index (κ2) is 6.87. The first-order valence-corrected chi connectivity index (χ1v) is 8.17. The van der Waals surface area contributed by atoms with E-state index in [9.17, 15) is 4.79 Å². The first-order chi connectivity index (χ1) is 9.22. The fourth-order valence-corrected chi connectivity index (χ4v) is 2.99. The standard InChI is InChI=1S/C15H16BrNOS/c1-2-13-6-7-14(19-13)15(18)17-10-12-5-3-4-11(8-12)9-16/h3-8H,2,9-10H2,1H3,(H,17,18). The predicted octanol–water partition coefficient (Wildman–Crippen LogP) is 4.14. The molecule has 19 heavy (non-hydrogen) atoms. The number of aryl methyl sites for hydroxylation is 1. The number of nitrogens with one attached hydrogen (secondary N) is 1. The van der Waals surface area contributed by atoms with E-state index in [0.29, 0.717) is 6.54 Å². The number of carbonyl (C=O) groups excluding carboxylic acids is 1. The molecule has 0 saturated heterocycles. The monoisotopic (exact) mass is 337 g/mol. The number of thiophene rings is 1. The molecule has 0 atom stereocenters. The highest BCUT2D eigenvalue weighted by molar-refractivity contribution is 9.08. The van der Waals surface area contributed by atoms with Gasteiger partial charge in [-0.15, -0.1) is 11.3 Å². The van der Waals surface area contributed by atoms with Crippen LogP contribution in [0.5, 0.6) is 0 Å². The van der Waals surface area contributed by atoms with Crippen LogP contribution in [0.25, 0.3) is 0 Å². The van der Waals surface area contributed by atoms with Gasteiger partial charge in [0.25, 0.3) is 5.91 Å². The Bertz CT molecular complexity index is 565. The molecule has 0 fully saturated rings.